The first-order valence-electron chi connectivity index (χ1n) is 10.8. The largest absolute Gasteiger partial charge is 0.370 e. The summed E-state index contributed by atoms with van der Waals surface area (Å²) < 4.78 is 2.03. The molecule has 1 saturated heterocycles. The molecule has 0 spiro atoms. The van der Waals surface area contributed by atoms with Crippen LogP contribution < -0.4 is 10.2 Å². The molecule has 4 rings (SSSR count). The number of piperidine rings is 1. The quantitative estimate of drug-likeness (QED) is 0.557. The molecule has 162 valence electrons. The molecule has 31 heavy (non-hydrogen) atoms. The Morgan fingerprint density at radius 3 is 2.58 bits per heavy atom. The van der Waals surface area contributed by atoms with Crippen molar-refractivity contribution in [3.63, 3.8) is 0 Å². The highest BCUT2D eigenvalue weighted by Gasteiger charge is 2.18. The Kier molecular flexibility index (Phi) is 6.61. The van der Waals surface area contributed by atoms with Crippen LogP contribution in [0, 0.1) is 20.8 Å². The van der Waals surface area contributed by atoms with Crippen LogP contribution in [0.2, 0.25) is 0 Å². The lowest BCUT2D eigenvalue weighted by molar-refractivity contribution is -0.113. The standard InChI is InChI=1S/C24H29N5OS/c1-17-11-12-18(2)22(15-17)29-19(3)26-27-24(29)31-16-23(30)25-20-9-5-6-10-21(20)28-13-7-4-8-14-28/h5-6,9-12,15H,4,7-8,13-14,16H2,1-3H3,(H,25,30). The second-order valence-corrected chi connectivity index (χ2v) is 9.00. The van der Waals surface area contributed by atoms with Gasteiger partial charge in [0, 0.05) is 13.1 Å². The zero-order valence-corrected chi connectivity index (χ0v) is 19.2. The number of carbonyl (C=O) groups excluding carboxylic acids is 1. The first-order chi connectivity index (χ1) is 15.0. The van der Waals surface area contributed by atoms with E-state index in [-0.39, 0.29) is 11.7 Å². The van der Waals surface area contributed by atoms with Gasteiger partial charge in [-0.2, -0.15) is 0 Å². The van der Waals surface area contributed by atoms with Crippen molar-refractivity contribution >= 4 is 29.0 Å². The molecule has 0 atom stereocenters. The fourth-order valence-electron chi connectivity index (χ4n) is 3.98. The Morgan fingerprint density at radius 2 is 1.77 bits per heavy atom. The van der Waals surface area contributed by atoms with Crippen LogP contribution in [0.3, 0.4) is 0 Å². The maximum atomic E-state index is 12.8. The predicted molar refractivity (Wildman–Crippen MR) is 127 cm³/mol. The van der Waals surface area contributed by atoms with E-state index in [4.69, 9.17) is 0 Å². The van der Waals surface area contributed by atoms with Crippen molar-refractivity contribution in [2.45, 2.75) is 45.2 Å². The van der Waals surface area contributed by atoms with Crippen LogP contribution in [0.4, 0.5) is 11.4 Å². The molecule has 7 heteroatoms. The highest BCUT2D eigenvalue weighted by Crippen LogP contribution is 2.29. The van der Waals surface area contributed by atoms with Crippen molar-refractivity contribution in [3.05, 3.63) is 59.4 Å². The summed E-state index contributed by atoms with van der Waals surface area (Å²) in [4.78, 5) is 15.2. The number of hydrogen-bond donors (Lipinski definition) is 1. The number of rotatable bonds is 6. The number of thioether (sulfide) groups is 1. The SMILES string of the molecule is Cc1ccc(C)c(-n2c(C)nnc2SCC(=O)Nc2ccccc2N2CCCCC2)c1. The third kappa shape index (κ3) is 4.93. The molecular formula is C24H29N5OS. The Bertz CT molecular complexity index is 1070. The molecule has 0 radical (unpaired) electrons. The van der Waals surface area contributed by atoms with E-state index in [9.17, 15) is 4.79 Å². The lowest BCUT2D eigenvalue weighted by atomic mass is 10.1. The van der Waals surface area contributed by atoms with Crippen LogP contribution in [0.15, 0.2) is 47.6 Å². The molecule has 6 nitrogen and oxygen atoms in total. The van der Waals surface area contributed by atoms with E-state index in [0.717, 1.165) is 46.7 Å². The fourth-order valence-corrected chi connectivity index (χ4v) is 4.77. The van der Waals surface area contributed by atoms with E-state index in [1.807, 2.05) is 29.7 Å². The van der Waals surface area contributed by atoms with E-state index < -0.39 is 0 Å². The summed E-state index contributed by atoms with van der Waals surface area (Å²) in [6.45, 7) is 8.17. The van der Waals surface area contributed by atoms with Crippen LogP contribution in [0.25, 0.3) is 5.69 Å². The molecule has 1 fully saturated rings. The maximum absolute atomic E-state index is 12.8. The molecule has 1 aromatic heterocycles. The van der Waals surface area contributed by atoms with Crippen molar-refractivity contribution < 1.29 is 4.79 Å². The normalized spacial score (nSPS) is 14.0. The Labute approximate surface area is 188 Å². The van der Waals surface area contributed by atoms with Crippen LogP contribution >= 0.6 is 11.8 Å². The molecular weight excluding hydrogens is 406 g/mol. The molecule has 1 aliphatic rings. The van der Waals surface area contributed by atoms with Gasteiger partial charge in [0.1, 0.15) is 5.82 Å². The number of anilines is 2. The predicted octanol–water partition coefficient (Wildman–Crippen LogP) is 4.91. The number of hydrogen-bond acceptors (Lipinski definition) is 5. The molecule has 1 amide bonds. The van der Waals surface area contributed by atoms with Gasteiger partial charge in [-0.3, -0.25) is 9.36 Å². The van der Waals surface area contributed by atoms with E-state index >= 15 is 0 Å². The van der Waals surface area contributed by atoms with E-state index in [1.165, 1.54) is 36.6 Å². The monoisotopic (exact) mass is 435 g/mol. The third-order valence-corrected chi connectivity index (χ3v) is 6.54. The van der Waals surface area contributed by atoms with Crippen LogP contribution in [0.5, 0.6) is 0 Å². The summed E-state index contributed by atoms with van der Waals surface area (Å²) in [7, 11) is 0. The van der Waals surface area contributed by atoms with Crippen molar-refractivity contribution in [2.24, 2.45) is 0 Å². The van der Waals surface area contributed by atoms with Crippen LogP contribution in [-0.2, 0) is 4.79 Å². The van der Waals surface area contributed by atoms with Gasteiger partial charge < -0.3 is 10.2 Å². The van der Waals surface area contributed by atoms with Gasteiger partial charge in [-0.25, -0.2) is 0 Å². The molecule has 0 bridgehead atoms. The minimum absolute atomic E-state index is 0.0392. The Hall–Kier alpha value is -2.80. The summed E-state index contributed by atoms with van der Waals surface area (Å²) in [5.74, 6) is 1.05. The zero-order chi connectivity index (χ0) is 21.8. The summed E-state index contributed by atoms with van der Waals surface area (Å²) >= 11 is 1.41. The average Bonchev–Trinajstić information content (AvgIpc) is 3.15. The lowest BCUT2D eigenvalue weighted by Gasteiger charge is -2.30. The number of nitrogens with one attached hydrogen (secondary N) is 1. The number of aromatic nitrogens is 3. The average molecular weight is 436 g/mol. The highest BCUT2D eigenvalue weighted by molar-refractivity contribution is 7.99. The molecule has 0 aliphatic carbocycles. The van der Waals surface area contributed by atoms with E-state index in [1.54, 1.807) is 0 Å². The van der Waals surface area contributed by atoms with Crippen molar-refractivity contribution in [2.75, 3.05) is 29.1 Å². The summed E-state index contributed by atoms with van der Waals surface area (Å²) in [6, 6.07) is 14.4. The van der Waals surface area contributed by atoms with Crippen LogP contribution in [0.1, 0.15) is 36.2 Å². The third-order valence-electron chi connectivity index (χ3n) is 5.61. The Morgan fingerprint density at radius 1 is 1.00 bits per heavy atom. The van der Waals surface area contributed by atoms with Gasteiger partial charge in [-0.05, 0) is 69.4 Å². The first kappa shape index (κ1) is 21.4. The maximum Gasteiger partial charge on any atom is 0.234 e. The van der Waals surface area contributed by atoms with Gasteiger partial charge in [0.15, 0.2) is 5.16 Å². The number of benzene rings is 2. The zero-order valence-electron chi connectivity index (χ0n) is 18.4. The molecule has 2 aromatic carbocycles. The van der Waals surface area contributed by atoms with Gasteiger partial charge in [-0.1, -0.05) is 36.0 Å². The van der Waals surface area contributed by atoms with Crippen molar-refractivity contribution in [1.29, 1.82) is 0 Å². The fraction of sp³-hybridized carbons (Fsp3) is 0.375. The molecule has 1 N–H and O–H groups in total. The van der Waals surface area contributed by atoms with Crippen molar-refractivity contribution in [1.82, 2.24) is 14.8 Å². The molecule has 2 heterocycles. The van der Waals surface area contributed by atoms with Gasteiger partial charge in [0.2, 0.25) is 5.91 Å². The summed E-state index contributed by atoms with van der Waals surface area (Å²) in [5, 5.41) is 12.4. The molecule has 3 aromatic rings. The van der Waals surface area contributed by atoms with Gasteiger partial charge in [-0.15, -0.1) is 10.2 Å². The number of amides is 1. The van der Waals surface area contributed by atoms with Gasteiger partial charge in [0.05, 0.1) is 22.8 Å². The minimum atomic E-state index is -0.0392. The highest BCUT2D eigenvalue weighted by atomic mass is 32.2. The minimum Gasteiger partial charge on any atom is -0.370 e. The lowest BCUT2D eigenvalue weighted by Crippen LogP contribution is -2.30. The number of para-hydroxylation sites is 2. The molecule has 0 unspecified atom stereocenters. The summed E-state index contributed by atoms with van der Waals surface area (Å²) in [6.07, 6.45) is 3.68. The smallest absolute Gasteiger partial charge is 0.234 e. The van der Waals surface area contributed by atoms with E-state index in [2.05, 4.69) is 58.5 Å². The van der Waals surface area contributed by atoms with Gasteiger partial charge in [0.25, 0.3) is 0 Å². The summed E-state index contributed by atoms with van der Waals surface area (Å²) in [5.41, 5.74) is 5.37. The number of carbonyl (C=O) groups is 1. The van der Waals surface area contributed by atoms with E-state index in [0.29, 0.717) is 0 Å². The topological polar surface area (TPSA) is 63.1 Å². The Balaban J connectivity index is 1.47. The second-order valence-electron chi connectivity index (χ2n) is 8.06. The molecule has 0 saturated carbocycles. The second kappa shape index (κ2) is 9.56. The molecule has 1 aliphatic heterocycles. The van der Waals surface area contributed by atoms with Crippen LogP contribution in [-0.4, -0.2) is 39.5 Å². The number of nitrogens with zero attached hydrogens (tertiary/aromatic N) is 4. The first-order valence-corrected chi connectivity index (χ1v) is 11.8. The number of aryl methyl sites for hydroxylation is 3. The van der Waals surface area contributed by atoms with Gasteiger partial charge >= 0.3 is 0 Å². The van der Waals surface area contributed by atoms with Crippen molar-refractivity contribution in [3.8, 4) is 5.69 Å².